The summed E-state index contributed by atoms with van der Waals surface area (Å²) in [5.74, 6) is 0.323. The second kappa shape index (κ2) is 5.77. The minimum absolute atomic E-state index is 0.359. The van der Waals surface area contributed by atoms with Crippen LogP contribution in [-0.2, 0) is 4.74 Å². The second-order valence-electron chi connectivity index (χ2n) is 4.13. The van der Waals surface area contributed by atoms with Crippen LogP contribution in [0.5, 0.6) is 0 Å². The van der Waals surface area contributed by atoms with Crippen molar-refractivity contribution >= 4 is 11.9 Å². The van der Waals surface area contributed by atoms with Gasteiger partial charge in [0.2, 0.25) is 5.95 Å². The molecule has 0 unspecified atom stereocenters. The molecule has 0 bridgehead atoms. The summed E-state index contributed by atoms with van der Waals surface area (Å²) in [6.07, 6.45) is 1.55. The number of aryl methyl sites for hydroxylation is 1. The number of rotatable bonds is 3. The molecule has 1 N–H and O–H groups in total. The van der Waals surface area contributed by atoms with Crippen molar-refractivity contribution in [3.8, 4) is 0 Å². The summed E-state index contributed by atoms with van der Waals surface area (Å²) in [5.41, 5.74) is 1.10. The van der Waals surface area contributed by atoms with Crippen LogP contribution in [0.4, 0.5) is 5.95 Å². The zero-order chi connectivity index (χ0) is 13.0. The van der Waals surface area contributed by atoms with Crippen molar-refractivity contribution in [2.45, 2.75) is 13.8 Å². The fourth-order valence-corrected chi connectivity index (χ4v) is 1.88. The molecule has 0 aromatic carbocycles. The van der Waals surface area contributed by atoms with E-state index < -0.39 is 0 Å². The van der Waals surface area contributed by atoms with Crippen LogP contribution in [-0.4, -0.2) is 48.7 Å². The molecule has 18 heavy (non-hydrogen) atoms. The molecule has 0 radical (unpaired) electrons. The Hall–Kier alpha value is -1.69. The summed E-state index contributed by atoms with van der Waals surface area (Å²) >= 11 is 0. The first kappa shape index (κ1) is 12.8. The maximum Gasteiger partial charge on any atom is 0.341 e. The number of piperazine rings is 1. The molecule has 2 rings (SSSR count). The van der Waals surface area contributed by atoms with Crippen LogP contribution in [0.2, 0.25) is 0 Å². The summed E-state index contributed by atoms with van der Waals surface area (Å²) in [5, 5.41) is 3.27. The number of nitrogens with one attached hydrogen (secondary N) is 1. The summed E-state index contributed by atoms with van der Waals surface area (Å²) in [4.78, 5) is 22.4. The van der Waals surface area contributed by atoms with Crippen molar-refractivity contribution in [3.63, 3.8) is 0 Å². The van der Waals surface area contributed by atoms with Crippen molar-refractivity contribution in [3.05, 3.63) is 17.5 Å². The van der Waals surface area contributed by atoms with E-state index >= 15 is 0 Å². The average Bonchev–Trinajstić information content (AvgIpc) is 2.40. The summed E-state index contributed by atoms with van der Waals surface area (Å²) in [6.45, 7) is 7.58. The molecule has 0 saturated carbocycles. The van der Waals surface area contributed by atoms with Crippen molar-refractivity contribution in [2.24, 2.45) is 0 Å². The van der Waals surface area contributed by atoms with Crippen LogP contribution in [0.3, 0.4) is 0 Å². The van der Waals surface area contributed by atoms with Crippen molar-refractivity contribution in [2.75, 3.05) is 37.7 Å². The van der Waals surface area contributed by atoms with Crippen LogP contribution in [0.1, 0.15) is 23.0 Å². The lowest BCUT2D eigenvalue weighted by Crippen LogP contribution is -2.44. The maximum absolute atomic E-state index is 11.6. The third-order valence-corrected chi connectivity index (χ3v) is 2.86. The fraction of sp³-hybridized carbons (Fsp3) is 0.583. The Labute approximate surface area is 106 Å². The monoisotopic (exact) mass is 250 g/mol. The summed E-state index contributed by atoms with van der Waals surface area (Å²) in [7, 11) is 0. The highest BCUT2D eigenvalue weighted by Crippen LogP contribution is 2.12. The molecular formula is C12H18N4O2. The van der Waals surface area contributed by atoms with Gasteiger partial charge in [-0.1, -0.05) is 0 Å². The number of nitrogens with zero attached hydrogens (tertiary/aromatic N) is 3. The van der Waals surface area contributed by atoms with Gasteiger partial charge in [-0.15, -0.1) is 0 Å². The molecule has 2 heterocycles. The Balaban J connectivity index is 2.16. The maximum atomic E-state index is 11.6. The number of hydrogen-bond acceptors (Lipinski definition) is 6. The van der Waals surface area contributed by atoms with Gasteiger partial charge in [0.15, 0.2) is 0 Å². The van der Waals surface area contributed by atoms with Gasteiger partial charge < -0.3 is 15.0 Å². The van der Waals surface area contributed by atoms with E-state index in [1.807, 2.05) is 0 Å². The van der Waals surface area contributed by atoms with Gasteiger partial charge in [0, 0.05) is 32.4 Å². The zero-order valence-corrected chi connectivity index (χ0v) is 10.8. The molecule has 1 fully saturated rings. The SMILES string of the molecule is CCOC(=O)c1cnc(N2CCNCC2)nc1C. The second-order valence-corrected chi connectivity index (χ2v) is 4.13. The molecule has 0 spiro atoms. The topological polar surface area (TPSA) is 67.3 Å². The summed E-state index contributed by atoms with van der Waals surface area (Å²) in [6, 6.07) is 0. The Morgan fingerprint density at radius 1 is 1.50 bits per heavy atom. The van der Waals surface area contributed by atoms with E-state index in [-0.39, 0.29) is 5.97 Å². The van der Waals surface area contributed by atoms with Gasteiger partial charge in [0.25, 0.3) is 0 Å². The van der Waals surface area contributed by atoms with E-state index in [9.17, 15) is 4.79 Å². The van der Waals surface area contributed by atoms with E-state index in [1.165, 1.54) is 0 Å². The van der Waals surface area contributed by atoms with Crippen LogP contribution < -0.4 is 10.2 Å². The van der Waals surface area contributed by atoms with Crippen LogP contribution in [0.15, 0.2) is 6.20 Å². The smallest absolute Gasteiger partial charge is 0.341 e. The third kappa shape index (κ3) is 2.76. The first-order chi connectivity index (χ1) is 8.72. The lowest BCUT2D eigenvalue weighted by Gasteiger charge is -2.27. The van der Waals surface area contributed by atoms with E-state index in [4.69, 9.17) is 4.74 Å². The number of ether oxygens (including phenoxy) is 1. The molecule has 1 aliphatic rings. The van der Waals surface area contributed by atoms with Gasteiger partial charge in [0.1, 0.15) is 0 Å². The molecule has 98 valence electrons. The molecule has 1 aromatic rings. The third-order valence-electron chi connectivity index (χ3n) is 2.86. The minimum Gasteiger partial charge on any atom is -0.462 e. The highest BCUT2D eigenvalue weighted by molar-refractivity contribution is 5.90. The fourth-order valence-electron chi connectivity index (χ4n) is 1.88. The van der Waals surface area contributed by atoms with E-state index in [1.54, 1.807) is 20.0 Å². The van der Waals surface area contributed by atoms with E-state index in [0.717, 1.165) is 26.2 Å². The largest absolute Gasteiger partial charge is 0.462 e. The summed E-state index contributed by atoms with van der Waals surface area (Å²) < 4.78 is 4.95. The van der Waals surface area contributed by atoms with Gasteiger partial charge in [-0.25, -0.2) is 14.8 Å². The Morgan fingerprint density at radius 2 is 2.22 bits per heavy atom. The predicted molar refractivity (Wildman–Crippen MR) is 67.8 cm³/mol. The molecule has 0 atom stereocenters. The van der Waals surface area contributed by atoms with Gasteiger partial charge in [0.05, 0.1) is 17.9 Å². The highest BCUT2D eigenvalue weighted by Gasteiger charge is 2.17. The molecule has 6 heteroatoms. The van der Waals surface area contributed by atoms with E-state index in [0.29, 0.717) is 23.8 Å². The van der Waals surface area contributed by atoms with Gasteiger partial charge >= 0.3 is 5.97 Å². The Morgan fingerprint density at radius 3 is 2.83 bits per heavy atom. The number of aromatic nitrogens is 2. The number of hydrogen-bond donors (Lipinski definition) is 1. The minimum atomic E-state index is -0.359. The van der Waals surface area contributed by atoms with Crippen molar-refractivity contribution in [1.82, 2.24) is 15.3 Å². The Kier molecular flexibility index (Phi) is 4.09. The average molecular weight is 250 g/mol. The predicted octanol–water partition coefficient (Wildman–Crippen LogP) is 0.371. The van der Waals surface area contributed by atoms with Crippen LogP contribution in [0, 0.1) is 6.92 Å². The Bertz CT molecular complexity index is 430. The van der Waals surface area contributed by atoms with Crippen molar-refractivity contribution in [1.29, 1.82) is 0 Å². The van der Waals surface area contributed by atoms with Crippen LogP contribution >= 0.6 is 0 Å². The molecule has 1 saturated heterocycles. The molecule has 0 aliphatic carbocycles. The number of carbonyl (C=O) groups excluding carboxylic acids is 1. The van der Waals surface area contributed by atoms with Gasteiger partial charge in [-0.3, -0.25) is 0 Å². The van der Waals surface area contributed by atoms with E-state index in [2.05, 4.69) is 20.2 Å². The highest BCUT2D eigenvalue weighted by atomic mass is 16.5. The normalized spacial score (nSPS) is 15.6. The molecule has 1 aromatic heterocycles. The van der Waals surface area contributed by atoms with Crippen LogP contribution in [0.25, 0.3) is 0 Å². The standard InChI is InChI=1S/C12H18N4O2/c1-3-18-11(17)10-8-14-12(15-9(10)2)16-6-4-13-5-7-16/h8,13H,3-7H2,1-2H3. The number of anilines is 1. The van der Waals surface area contributed by atoms with Gasteiger partial charge in [-0.05, 0) is 13.8 Å². The first-order valence-corrected chi connectivity index (χ1v) is 6.18. The quantitative estimate of drug-likeness (QED) is 0.782. The lowest BCUT2D eigenvalue weighted by atomic mass is 10.2. The molecule has 1 aliphatic heterocycles. The number of esters is 1. The van der Waals surface area contributed by atoms with Crippen molar-refractivity contribution < 1.29 is 9.53 Å². The lowest BCUT2D eigenvalue weighted by molar-refractivity contribution is 0.0524. The zero-order valence-electron chi connectivity index (χ0n) is 10.8. The molecule has 0 amide bonds. The first-order valence-electron chi connectivity index (χ1n) is 6.18. The molecular weight excluding hydrogens is 232 g/mol. The number of carbonyl (C=O) groups is 1. The van der Waals surface area contributed by atoms with Gasteiger partial charge in [-0.2, -0.15) is 0 Å². The molecule has 6 nitrogen and oxygen atoms in total.